The molecule has 8 nitrogen and oxygen atoms in total. The Bertz CT molecular complexity index is 1180. The van der Waals surface area contributed by atoms with Gasteiger partial charge in [0, 0.05) is 23.9 Å². The summed E-state index contributed by atoms with van der Waals surface area (Å²) in [5.41, 5.74) is 3.30. The van der Waals surface area contributed by atoms with Crippen LogP contribution in [0.5, 0.6) is 5.75 Å². The van der Waals surface area contributed by atoms with Crippen LogP contribution in [0.3, 0.4) is 0 Å². The number of aromatic nitrogens is 2. The number of phenols is 1. The molecular formula is C22H21N5O3. The molecule has 0 bridgehead atoms. The first-order valence-electron chi connectivity index (χ1n) is 9.40. The van der Waals surface area contributed by atoms with Gasteiger partial charge in [0.15, 0.2) is 0 Å². The van der Waals surface area contributed by atoms with Gasteiger partial charge in [0.1, 0.15) is 5.75 Å². The summed E-state index contributed by atoms with van der Waals surface area (Å²) in [4.78, 5) is 33.1. The van der Waals surface area contributed by atoms with Crippen molar-refractivity contribution in [2.45, 2.75) is 6.92 Å². The molecule has 0 unspecified atom stereocenters. The minimum atomic E-state index is -0.477. The van der Waals surface area contributed by atoms with Crippen molar-refractivity contribution in [3.8, 4) is 28.3 Å². The maximum atomic E-state index is 12.6. The van der Waals surface area contributed by atoms with Crippen LogP contribution in [0.4, 0.5) is 0 Å². The summed E-state index contributed by atoms with van der Waals surface area (Å²) in [5, 5.41) is 11.3. The molecule has 4 rings (SSSR count). The third-order valence-corrected chi connectivity index (χ3v) is 4.90. The van der Waals surface area contributed by atoms with Crippen molar-refractivity contribution in [2.24, 2.45) is 5.84 Å². The van der Waals surface area contributed by atoms with Crippen molar-refractivity contribution in [1.29, 1.82) is 0 Å². The Morgan fingerprint density at radius 3 is 2.57 bits per heavy atom. The van der Waals surface area contributed by atoms with Crippen LogP contribution in [0.1, 0.15) is 15.9 Å². The first-order valence-corrected chi connectivity index (χ1v) is 9.40. The van der Waals surface area contributed by atoms with E-state index in [1.807, 2.05) is 6.08 Å². The van der Waals surface area contributed by atoms with E-state index >= 15 is 0 Å². The van der Waals surface area contributed by atoms with Crippen molar-refractivity contribution in [3.63, 3.8) is 0 Å². The van der Waals surface area contributed by atoms with Crippen LogP contribution >= 0.6 is 0 Å². The molecule has 2 aromatic carbocycles. The van der Waals surface area contributed by atoms with Crippen LogP contribution < -0.4 is 11.5 Å². The molecule has 0 fully saturated rings. The molecule has 0 spiro atoms. The van der Waals surface area contributed by atoms with Gasteiger partial charge in [-0.3, -0.25) is 10.6 Å². The van der Waals surface area contributed by atoms with Crippen LogP contribution in [0.2, 0.25) is 0 Å². The Morgan fingerprint density at radius 1 is 1.13 bits per heavy atom. The normalized spacial score (nSPS) is 14.1. The van der Waals surface area contributed by atoms with Crippen molar-refractivity contribution >= 4 is 5.91 Å². The second-order valence-corrected chi connectivity index (χ2v) is 7.14. The summed E-state index contributed by atoms with van der Waals surface area (Å²) in [6, 6.07) is 13.8. The molecule has 1 amide bonds. The fourth-order valence-electron chi connectivity index (χ4n) is 3.28. The number of phenolic OH excluding ortho intramolecular Hbond substituents is 1. The highest BCUT2D eigenvalue weighted by Crippen LogP contribution is 2.26. The minimum Gasteiger partial charge on any atom is -0.508 e. The Hall–Kier alpha value is -3.75. The van der Waals surface area contributed by atoms with E-state index in [0.29, 0.717) is 35.7 Å². The highest BCUT2D eigenvalue weighted by molar-refractivity contribution is 5.95. The Labute approximate surface area is 172 Å². The number of hydrogen-bond donors (Lipinski definition) is 3. The van der Waals surface area contributed by atoms with Crippen molar-refractivity contribution in [1.82, 2.24) is 19.9 Å². The first-order chi connectivity index (χ1) is 14.4. The molecule has 0 radical (unpaired) electrons. The Balaban J connectivity index is 1.63. The number of aromatic hydroxyl groups is 1. The standard InChI is InChI=1S/C22H21N5O3/c1-14-11-17(7-8-20(14)28)19-12-18(24-22(30)25-19)15-3-5-16(6-4-15)21(29)26-9-2-10-27(23)13-26/h2-9,11-12,28H,10,13,23H2,1H3,(H,24,25,30). The lowest BCUT2D eigenvalue weighted by molar-refractivity contribution is 0.0715. The van der Waals surface area contributed by atoms with Gasteiger partial charge in [-0.1, -0.05) is 18.2 Å². The number of aromatic amines is 1. The molecule has 1 aliphatic heterocycles. The molecule has 152 valence electrons. The van der Waals surface area contributed by atoms with E-state index in [4.69, 9.17) is 5.84 Å². The predicted octanol–water partition coefficient (Wildman–Crippen LogP) is 2.22. The molecule has 1 aromatic heterocycles. The minimum absolute atomic E-state index is 0.156. The lowest BCUT2D eigenvalue weighted by atomic mass is 10.0. The van der Waals surface area contributed by atoms with Gasteiger partial charge in [-0.2, -0.15) is 4.98 Å². The summed E-state index contributed by atoms with van der Waals surface area (Å²) < 4.78 is 0. The fraction of sp³-hybridized carbons (Fsp3) is 0.136. The maximum absolute atomic E-state index is 12.6. The largest absolute Gasteiger partial charge is 0.508 e. The van der Waals surface area contributed by atoms with Crippen LogP contribution in [0.15, 0.2) is 65.6 Å². The highest BCUT2D eigenvalue weighted by Gasteiger charge is 2.18. The van der Waals surface area contributed by atoms with Gasteiger partial charge >= 0.3 is 5.69 Å². The number of nitrogens with zero attached hydrogens (tertiary/aromatic N) is 3. The predicted molar refractivity (Wildman–Crippen MR) is 113 cm³/mol. The van der Waals surface area contributed by atoms with Gasteiger partial charge in [0.05, 0.1) is 18.1 Å². The lowest BCUT2D eigenvalue weighted by Crippen LogP contribution is -2.45. The fourth-order valence-corrected chi connectivity index (χ4v) is 3.28. The number of H-pyrrole nitrogens is 1. The number of carbonyl (C=O) groups is 1. The van der Waals surface area contributed by atoms with Gasteiger partial charge in [-0.15, -0.1) is 0 Å². The molecule has 0 atom stereocenters. The molecule has 1 aliphatic rings. The molecule has 2 heterocycles. The summed E-state index contributed by atoms with van der Waals surface area (Å²) in [6.07, 6.45) is 3.55. The molecule has 0 saturated heterocycles. The number of amides is 1. The molecule has 4 N–H and O–H groups in total. The molecule has 8 heteroatoms. The summed E-state index contributed by atoms with van der Waals surface area (Å²) in [6.45, 7) is 2.70. The lowest BCUT2D eigenvalue weighted by Gasteiger charge is -2.27. The number of benzene rings is 2. The van der Waals surface area contributed by atoms with E-state index in [1.54, 1.807) is 66.7 Å². The molecule has 30 heavy (non-hydrogen) atoms. The first kappa shape index (κ1) is 19.6. The number of hydrazine groups is 1. The third-order valence-electron chi connectivity index (χ3n) is 4.90. The van der Waals surface area contributed by atoms with Crippen LogP contribution in [0, 0.1) is 6.92 Å². The molecule has 0 saturated carbocycles. The number of carbonyl (C=O) groups excluding carboxylic acids is 1. The zero-order valence-electron chi connectivity index (χ0n) is 16.4. The third kappa shape index (κ3) is 4.00. The van der Waals surface area contributed by atoms with Crippen LogP contribution in [-0.2, 0) is 0 Å². The Morgan fingerprint density at radius 2 is 1.87 bits per heavy atom. The van der Waals surface area contributed by atoms with E-state index in [-0.39, 0.29) is 11.7 Å². The number of hydrogen-bond acceptors (Lipinski definition) is 6. The van der Waals surface area contributed by atoms with Gasteiger partial charge in [-0.05, 0) is 54.4 Å². The monoisotopic (exact) mass is 403 g/mol. The summed E-state index contributed by atoms with van der Waals surface area (Å²) >= 11 is 0. The smallest absolute Gasteiger partial charge is 0.345 e. The topological polar surface area (TPSA) is 116 Å². The number of nitrogens with two attached hydrogens (primary N) is 1. The SMILES string of the molecule is Cc1cc(-c2cc(-c3ccc(C(=O)N4C=CCN(N)C4)cc3)[nH]c(=O)n2)ccc1O. The van der Waals surface area contributed by atoms with E-state index in [2.05, 4.69) is 9.97 Å². The van der Waals surface area contributed by atoms with E-state index in [1.165, 1.54) is 4.90 Å². The molecule has 0 aliphatic carbocycles. The number of nitrogens with one attached hydrogen (secondary N) is 1. The highest BCUT2D eigenvalue weighted by atomic mass is 16.3. The van der Waals surface area contributed by atoms with Gasteiger partial charge in [0.25, 0.3) is 5.91 Å². The summed E-state index contributed by atoms with van der Waals surface area (Å²) in [5.74, 6) is 5.80. The second-order valence-electron chi connectivity index (χ2n) is 7.14. The van der Waals surface area contributed by atoms with Gasteiger partial charge < -0.3 is 15.0 Å². The quantitative estimate of drug-likeness (QED) is 0.578. The summed E-state index contributed by atoms with van der Waals surface area (Å²) in [7, 11) is 0. The van der Waals surface area contributed by atoms with E-state index in [9.17, 15) is 14.7 Å². The van der Waals surface area contributed by atoms with Gasteiger partial charge in [0.2, 0.25) is 0 Å². The second kappa shape index (κ2) is 7.94. The average molecular weight is 403 g/mol. The average Bonchev–Trinajstić information content (AvgIpc) is 2.75. The van der Waals surface area contributed by atoms with E-state index in [0.717, 1.165) is 11.1 Å². The zero-order chi connectivity index (χ0) is 21.3. The van der Waals surface area contributed by atoms with Gasteiger partial charge in [-0.25, -0.2) is 9.80 Å². The molecular weight excluding hydrogens is 382 g/mol. The van der Waals surface area contributed by atoms with Crippen molar-refractivity contribution in [3.05, 3.63) is 82.4 Å². The maximum Gasteiger partial charge on any atom is 0.345 e. The van der Waals surface area contributed by atoms with E-state index < -0.39 is 5.69 Å². The van der Waals surface area contributed by atoms with Crippen molar-refractivity contribution < 1.29 is 9.90 Å². The van der Waals surface area contributed by atoms with Crippen molar-refractivity contribution in [2.75, 3.05) is 13.2 Å². The zero-order valence-corrected chi connectivity index (χ0v) is 16.4. The van der Waals surface area contributed by atoms with Crippen LogP contribution in [0.25, 0.3) is 22.5 Å². The number of aryl methyl sites for hydroxylation is 1. The Kier molecular flexibility index (Phi) is 5.18. The number of rotatable bonds is 3. The van der Waals surface area contributed by atoms with Crippen LogP contribution in [-0.4, -0.2) is 44.1 Å². The molecule has 3 aromatic rings.